The number of carbonyl (C=O) groups excluding carboxylic acids is 1. The van der Waals surface area contributed by atoms with Gasteiger partial charge in [0.25, 0.3) is 5.91 Å². The van der Waals surface area contributed by atoms with Crippen molar-refractivity contribution in [3.63, 3.8) is 0 Å². The van der Waals surface area contributed by atoms with Crippen LogP contribution in [0.4, 0.5) is 0 Å². The van der Waals surface area contributed by atoms with Crippen molar-refractivity contribution in [2.24, 2.45) is 7.05 Å². The Labute approximate surface area is 145 Å². The molecule has 1 atom stereocenters. The second-order valence-electron chi connectivity index (χ2n) is 6.35. The Morgan fingerprint density at radius 2 is 2.08 bits per heavy atom. The van der Waals surface area contributed by atoms with E-state index in [1.54, 1.807) is 4.68 Å². The minimum atomic E-state index is -0.171. The standard InChI is InChI=1S/C18H20N6O/c1-12-17-14(9-6-10-15(17)23(2)21-12)20-18(25)16-11-19-22-24(16)13-7-4-3-5-8-13/h3-5,7-8,11,14H,6,9-10H2,1-2H3,(H,20,25). The SMILES string of the molecule is Cc1nn(C)c2c1C(NC(=O)c1cnnn1-c1ccccc1)CCC2. The first-order chi connectivity index (χ1) is 12.1. The van der Waals surface area contributed by atoms with E-state index in [1.807, 2.05) is 49.0 Å². The van der Waals surface area contributed by atoms with E-state index in [9.17, 15) is 4.79 Å². The van der Waals surface area contributed by atoms with Crippen LogP contribution in [0.3, 0.4) is 0 Å². The zero-order valence-corrected chi connectivity index (χ0v) is 14.3. The molecule has 7 nitrogen and oxygen atoms in total. The zero-order valence-electron chi connectivity index (χ0n) is 14.3. The lowest BCUT2D eigenvalue weighted by Gasteiger charge is -2.24. The molecule has 0 fully saturated rings. The van der Waals surface area contributed by atoms with Crippen molar-refractivity contribution < 1.29 is 4.79 Å². The molecule has 128 valence electrons. The Morgan fingerprint density at radius 1 is 1.28 bits per heavy atom. The highest BCUT2D eigenvalue weighted by atomic mass is 16.2. The van der Waals surface area contributed by atoms with Crippen LogP contribution in [-0.2, 0) is 13.5 Å². The van der Waals surface area contributed by atoms with Gasteiger partial charge in [0, 0.05) is 18.3 Å². The maximum Gasteiger partial charge on any atom is 0.272 e. The quantitative estimate of drug-likeness (QED) is 0.795. The number of aryl methyl sites for hydroxylation is 2. The summed E-state index contributed by atoms with van der Waals surface area (Å²) >= 11 is 0. The second kappa shape index (κ2) is 6.16. The topological polar surface area (TPSA) is 77.6 Å². The van der Waals surface area contributed by atoms with Crippen LogP contribution in [0.5, 0.6) is 0 Å². The molecular weight excluding hydrogens is 316 g/mol. The average molecular weight is 336 g/mol. The summed E-state index contributed by atoms with van der Waals surface area (Å²) in [5, 5.41) is 15.6. The number of fused-ring (bicyclic) bond motifs is 1. The van der Waals surface area contributed by atoms with Crippen molar-refractivity contribution in [2.75, 3.05) is 0 Å². The summed E-state index contributed by atoms with van der Waals surface area (Å²) in [5.41, 5.74) is 4.59. The van der Waals surface area contributed by atoms with Crippen molar-refractivity contribution in [1.82, 2.24) is 30.1 Å². The van der Waals surface area contributed by atoms with Gasteiger partial charge in [0.15, 0.2) is 5.69 Å². The van der Waals surface area contributed by atoms with Gasteiger partial charge in [-0.1, -0.05) is 23.4 Å². The maximum absolute atomic E-state index is 12.9. The molecule has 3 aromatic rings. The third-order valence-electron chi connectivity index (χ3n) is 4.73. The molecule has 2 aromatic heterocycles. The highest BCUT2D eigenvalue weighted by Crippen LogP contribution is 2.32. The summed E-state index contributed by atoms with van der Waals surface area (Å²) < 4.78 is 3.49. The van der Waals surface area contributed by atoms with Gasteiger partial charge >= 0.3 is 0 Å². The van der Waals surface area contributed by atoms with Crippen LogP contribution in [0.2, 0.25) is 0 Å². The smallest absolute Gasteiger partial charge is 0.272 e. The van der Waals surface area contributed by atoms with Gasteiger partial charge in [0.1, 0.15) is 0 Å². The molecule has 1 N–H and O–H groups in total. The monoisotopic (exact) mass is 336 g/mol. The number of carbonyl (C=O) groups is 1. The number of para-hydroxylation sites is 1. The molecule has 0 spiro atoms. The predicted octanol–water partition coefficient (Wildman–Crippen LogP) is 2.12. The maximum atomic E-state index is 12.9. The minimum Gasteiger partial charge on any atom is -0.344 e. The number of nitrogens with one attached hydrogen (secondary N) is 1. The third-order valence-corrected chi connectivity index (χ3v) is 4.73. The summed E-state index contributed by atoms with van der Waals surface area (Å²) in [6.45, 7) is 2.00. The molecule has 0 aliphatic heterocycles. The van der Waals surface area contributed by atoms with Crippen LogP contribution < -0.4 is 5.32 Å². The Kier molecular flexibility index (Phi) is 3.83. The van der Waals surface area contributed by atoms with Crippen LogP contribution in [-0.4, -0.2) is 30.7 Å². The van der Waals surface area contributed by atoms with Crippen LogP contribution in [0.15, 0.2) is 36.5 Å². The van der Waals surface area contributed by atoms with E-state index in [0.717, 1.165) is 36.2 Å². The summed E-state index contributed by atoms with van der Waals surface area (Å²) in [7, 11) is 1.96. The van der Waals surface area contributed by atoms with Crippen LogP contribution in [0, 0.1) is 6.92 Å². The number of hydrogen-bond acceptors (Lipinski definition) is 4. The van der Waals surface area contributed by atoms with Crippen molar-refractivity contribution in [1.29, 1.82) is 0 Å². The molecule has 1 aliphatic rings. The number of rotatable bonds is 3. The van der Waals surface area contributed by atoms with E-state index in [0.29, 0.717) is 5.69 Å². The molecular formula is C18H20N6O. The molecule has 1 aromatic carbocycles. The Morgan fingerprint density at radius 3 is 2.88 bits per heavy atom. The molecule has 1 amide bonds. The number of hydrogen-bond donors (Lipinski definition) is 1. The van der Waals surface area contributed by atoms with Crippen LogP contribution in [0.1, 0.15) is 46.3 Å². The zero-order chi connectivity index (χ0) is 17.4. The van der Waals surface area contributed by atoms with Gasteiger partial charge in [-0.25, -0.2) is 4.68 Å². The van der Waals surface area contributed by atoms with Crippen molar-refractivity contribution in [3.8, 4) is 5.69 Å². The van der Waals surface area contributed by atoms with E-state index in [1.165, 1.54) is 11.9 Å². The van der Waals surface area contributed by atoms with E-state index >= 15 is 0 Å². The lowest BCUT2D eigenvalue weighted by atomic mass is 9.91. The molecule has 0 bridgehead atoms. The molecule has 7 heteroatoms. The Balaban J connectivity index is 1.62. The molecule has 25 heavy (non-hydrogen) atoms. The van der Waals surface area contributed by atoms with E-state index in [2.05, 4.69) is 20.7 Å². The van der Waals surface area contributed by atoms with Gasteiger partial charge in [-0.3, -0.25) is 9.48 Å². The fourth-order valence-electron chi connectivity index (χ4n) is 3.62. The first kappa shape index (κ1) is 15.6. The number of aromatic nitrogens is 5. The van der Waals surface area contributed by atoms with Crippen molar-refractivity contribution >= 4 is 5.91 Å². The van der Waals surface area contributed by atoms with Gasteiger partial charge in [0.2, 0.25) is 0 Å². The number of benzene rings is 1. The van der Waals surface area contributed by atoms with Crippen molar-refractivity contribution in [2.45, 2.75) is 32.2 Å². The lowest BCUT2D eigenvalue weighted by Crippen LogP contribution is -2.32. The fraction of sp³-hybridized carbons (Fsp3) is 0.333. The van der Waals surface area contributed by atoms with Crippen molar-refractivity contribution in [3.05, 3.63) is 59.2 Å². The van der Waals surface area contributed by atoms with E-state index in [-0.39, 0.29) is 11.9 Å². The van der Waals surface area contributed by atoms with E-state index in [4.69, 9.17) is 0 Å². The summed E-state index contributed by atoms with van der Waals surface area (Å²) in [6, 6.07) is 9.51. The molecule has 1 aliphatic carbocycles. The number of amides is 1. The summed E-state index contributed by atoms with van der Waals surface area (Å²) in [4.78, 5) is 12.9. The fourth-order valence-corrected chi connectivity index (χ4v) is 3.62. The highest BCUT2D eigenvalue weighted by Gasteiger charge is 2.28. The van der Waals surface area contributed by atoms with E-state index < -0.39 is 0 Å². The third kappa shape index (κ3) is 2.71. The lowest BCUT2D eigenvalue weighted by molar-refractivity contribution is 0.0924. The summed E-state index contributed by atoms with van der Waals surface area (Å²) in [5.74, 6) is -0.171. The molecule has 4 rings (SSSR count). The van der Waals surface area contributed by atoms with Gasteiger partial charge in [-0.2, -0.15) is 5.10 Å². The van der Waals surface area contributed by atoms with Gasteiger partial charge in [-0.05, 0) is 38.3 Å². The molecule has 0 radical (unpaired) electrons. The van der Waals surface area contributed by atoms with Crippen LogP contribution in [0.25, 0.3) is 5.69 Å². The molecule has 2 heterocycles. The molecule has 1 unspecified atom stereocenters. The van der Waals surface area contributed by atoms with Gasteiger partial charge in [0.05, 0.1) is 23.6 Å². The Hall–Kier alpha value is -2.96. The largest absolute Gasteiger partial charge is 0.344 e. The highest BCUT2D eigenvalue weighted by molar-refractivity contribution is 5.93. The minimum absolute atomic E-state index is 0.0240. The summed E-state index contributed by atoms with van der Waals surface area (Å²) in [6.07, 6.45) is 4.45. The first-order valence-corrected chi connectivity index (χ1v) is 8.44. The first-order valence-electron chi connectivity index (χ1n) is 8.44. The van der Waals surface area contributed by atoms with Gasteiger partial charge in [-0.15, -0.1) is 5.10 Å². The normalized spacial score (nSPS) is 16.5. The predicted molar refractivity (Wildman–Crippen MR) is 92.4 cm³/mol. The molecule has 0 saturated carbocycles. The van der Waals surface area contributed by atoms with Crippen LogP contribution >= 0.6 is 0 Å². The average Bonchev–Trinajstić information content (AvgIpc) is 3.22. The number of nitrogens with zero attached hydrogens (tertiary/aromatic N) is 5. The molecule has 0 saturated heterocycles. The second-order valence-corrected chi connectivity index (χ2v) is 6.35. The Bertz CT molecular complexity index is 911. The van der Waals surface area contributed by atoms with Gasteiger partial charge < -0.3 is 5.32 Å².